The lowest BCUT2D eigenvalue weighted by Crippen LogP contribution is -3.19. The number of ether oxygens (including phenoxy) is 1. The first-order chi connectivity index (χ1) is 14.4. The fourth-order valence-electron chi connectivity index (χ4n) is 3.53. The smallest absolute Gasteiger partial charge is 0.282 e. The van der Waals surface area contributed by atoms with Crippen LogP contribution in [0.25, 0.3) is 0 Å². The molecular formula is C21H25N4O5+. The average molecular weight is 413 g/mol. The maximum atomic E-state index is 12.8. The molecule has 0 aliphatic carbocycles. The van der Waals surface area contributed by atoms with E-state index in [0.717, 1.165) is 4.90 Å². The van der Waals surface area contributed by atoms with Crippen LogP contribution in [-0.2, 0) is 4.79 Å². The van der Waals surface area contributed by atoms with Gasteiger partial charge < -0.3 is 19.9 Å². The first kappa shape index (κ1) is 21.3. The lowest BCUT2D eigenvalue weighted by Gasteiger charge is -2.34. The van der Waals surface area contributed by atoms with E-state index in [1.54, 1.807) is 17.0 Å². The number of benzene rings is 2. The van der Waals surface area contributed by atoms with Gasteiger partial charge in [0.1, 0.15) is 5.75 Å². The molecule has 0 spiro atoms. The third-order valence-corrected chi connectivity index (χ3v) is 5.37. The summed E-state index contributed by atoms with van der Waals surface area (Å²) in [6, 6.07) is 12.8. The summed E-state index contributed by atoms with van der Waals surface area (Å²) in [5.74, 6) is 0.0918. The molecule has 0 saturated carbocycles. The van der Waals surface area contributed by atoms with E-state index in [4.69, 9.17) is 4.74 Å². The summed E-state index contributed by atoms with van der Waals surface area (Å²) in [5, 5.41) is 13.8. The molecule has 1 aliphatic rings. The number of rotatable bonds is 6. The second-order valence-corrected chi connectivity index (χ2v) is 7.17. The molecule has 1 atom stereocenters. The Morgan fingerprint density at radius 1 is 1.17 bits per heavy atom. The van der Waals surface area contributed by atoms with Crippen LogP contribution < -0.4 is 15.0 Å². The highest BCUT2D eigenvalue weighted by Gasteiger charge is 2.31. The predicted molar refractivity (Wildman–Crippen MR) is 111 cm³/mol. The van der Waals surface area contributed by atoms with E-state index in [1.807, 2.05) is 25.1 Å². The summed E-state index contributed by atoms with van der Waals surface area (Å²) in [4.78, 5) is 38.7. The van der Waals surface area contributed by atoms with Gasteiger partial charge in [-0.25, -0.2) is 0 Å². The number of piperazine rings is 1. The monoisotopic (exact) mass is 413 g/mol. The first-order valence-electron chi connectivity index (χ1n) is 9.73. The van der Waals surface area contributed by atoms with Crippen molar-refractivity contribution in [1.29, 1.82) is 0 Å². The van der Waals surface area contributed by atoms with Gasteiger partial charge in [0, 0.05) is 17.7 Å². The fourth-order valence-corrected chi connectivity index (χ4v) is 3.53. The van der Waals surface area contributed by atoms with Crippen LogP contribution in [0.2, 0.25) is 0 Å². The summed E-state index contributed by atoms with van der Waals surface area (Å²) in [6.45, 7) is 4.20. The number of methoxy groups -OCH3 is 1. The Morgan fingerprint density at radius 3 is 2.43 bits per heavy atom. The Morgan fingerprint density at radius 2 is 1.83 bits per heavy atom. The first-order valence-corrected chi connectivity index (χ1v) is 9.73. The number of hydrogen-bond acceptors (Lipinski definition) is 5. The molecule has 9 nitrogen and oxygen atoms in total. The zero-order valence-electron chi connectivity index (χ0n) is 17.0. The average Bonchev–Trinajstić information content (AvgIpc) is 2.78. The minimum absolute atomic E-state index is 0.00640. The van der Waals surface area contributed by atoms with E-state index < -0.39 is 4.92 Å². The Bertz CT molecular complexity index is 926. The van der Waals surface area contributed by atoms with Crippen LogP contribution in [0.3, 0.4) is 0 Å². The molecule has 1 heterocycles. The highest BCUT2D eigenvalue weighted by Crippen LogP contribution is 2.28. The molecule has 1 aliphatic heterocycles. The minimum Gasteiger partial charge on any atom is -0.495 e. The number of non-ortho nitro benzene ring substituents is 1. The summed E-state index contributed by atoms with van der Waals surface area (Å²) in [5.41, 5.74) is 0.796. The molecule has 0 unspecified atom stereocenters. The van der Waals surface area contributed by atoms with Gasteiger partial charge in [0.2, 0.25) is 0 Å². The van der Waals surface area contributed by atoms with Crippen LogP contribution in [0.5, 0.6) is 5.75 Å². The second-order valence-electron chi connectivity index (χ2n) is 7.17. The summed E-state index contributed by atoms with van der Waals surface area (Å²) >= 11 is 0. The van der Waals surface area contributed by atoms with E-state index in [2.05, 4.69) is 5.32 Å². The molecular weight excluding hydrogens is 388 g/mol. The van der Waals surface area contributed by atoms with Crippen molar-refractivity contribution in [2.24, 2.45) is 0 Å². The van der Waals surface area contributed by atoms with Gasteiger partial charge in [-0.3, -0.25) is 19.7 Å². The number of nitrogens with one attached hydrogen (secondary N) is 2. The van der Waals surface area contributed by atoms with Gasteiger partial charge in [0.25, 0.3) is 17.5 Å². The molecule has 1 saturated heterocycles. The quantitative estimate of drug-likeness (QED) is 0.542. The van der Waals surface area contributed by atoms with Gasteiger partial charge in [-0.15, -0.1) is 0 Å². The Kier molecular flexibility index (Phi) is 6.63. The zero-order chi connectivity index (χ0) is 21.7. The van der Waals surface area contributed by atoms with Crippen molar-refractivity contribution in [3.8, 4) is 5.75 Å². The summed E-state index contributed by atoms with van der Waals surface area (Å²) < 4.78 is 5.20. The van der Waals surface area contributed by atoms with Crippen molar-refractivity contribution in [2.75, 3.05) is 38.6 Å². The zero-order valence-corrected chi connectivity index (χ0v) is 17.0. The molecule has 2 N–H and O–H groups in total. The van der Waals surface area contributed by atoms with Crippen LogP contribution >= 0.6 is 0 Å². The Balaban J connectivity index is 1.61. The molecule has 0 bridgehead atoms. The number of anilines is 1. The van der Waals surface area contributed by atoms with Crippen molar-refractivity contribution in [3.63, 3.8) is 0 Å². The number of carbonyl (C=O) groups excluding carboxylic acids is 2. The van der Waals surface area contributed by atoms with Crippen LogP contribution in [-0.4, -0.2) is 61.0 Å². The van der Waals surface area contributed by atoms with Crippen molar-refractivity contribution < 1.29 is 24.1 Å². The number of hydrogen-bond donors (Lipinski definition) is 2. The van der Waals surface area contributed by atoms with Crippen molar-refractivity contribution in [1.82, 2.24) is 4.90 Å². The number of quaternary nitrogens is 1. The maximum Gasteiger partial charge on any atom is 0.282 e. The van der Waals surface area contributed by atoms with E-state index >= 15 is 0 Å². The molecule has 0 aromatic heterocycles. The fraction of sp³-hybridized carbons (Fsp3) is 0.333. The van der Waals surface area contributed by atoms with E-state index in [-0.39, 0.29) is 29.2 Å². The summed E-state index contributed by atoms with van der Waals surface area (Å²) in [6.07, 6.45) is 0. The van der Waals surface area contributed by atoms with E-state index in [0.29, 0.717) is 37.5 Å². The van der Waals surface area contributed by atoms with Gasteiger partial charge in [-0.2, -0.15) is 0 Å². The van der Waals surface area contributed by atoms with Crippen LogP contribution in [0.4, 0.5) is 11.4 Å². The van der Waals surface area contributed by atoms with Gasteiger partial charge in [-0.05, 0) is 25.1 Å². The number of nitro benzene ring substituents is 1. The van der Waals surface area contributed by atoms with Crippen LogP contribution in [0.1, 0.15) is 17.3 Å². The van der Waals surface area contributed by atoms with Gasteiger partial charge in [0.15, 0.2) is 6.04 Å². The van der Waals surface area contributed by atoms with Crippen molar-refractivity contribution in [3.05, 3.63) is 64.2 Å². The number of nitro groups is 1. The van der Waals surface area contributed by atoms with E-state index in [9.17, 15) is 19.7 Å². The SMILES string of the molecule is COc1ccc([N+](=O)[O-])cc1NC(=O)[C@H](C)[NH+]1CCN(C(=O)c2ccccc2)CC1. The Labute approximate surface area is 174 Å². The third kappa shape index (κ3) is 4.74. The molecule has 2 aromatic carbocycles. The standard InChI is InChI=1S/C21H24N4O5/c1-15(20(26)22-18-14-17(25(28)29)8-9-19(18)30-2)23-10-12-24(13-11-23)21(27)16-6-4-3-5-7-16/h3-9,14-15H,10-13H2,1-2H3,(H,22,26)/p+1/t15-/m0/s1. The number of carbonyl (C=O) groups is 2. The largest absolute Gasteiger partial charge is 0.495 e. The molecule has 9 heteroatoms. The minimum atomic E-state index is -0.521. The van der Waals surface area contributed by atoms with Gasteiger partial charge in [-0.1, -0.05) is 18.2 Å². The third-order valence-electron chi connectivity index (χ3n) is 5.37. The Hall–Kier alpha value is -3.46. The highest BCUT2D eigenvalue weighted by molar-refractivity contribution is 5.95. The molecule has 158 valence electrons. The number of nitrogens with zero attached hydrogens (tertiary/aromatic N) is 2. The normalized spacial score (nSPS) is 15.3. The molecule has 30 heavy (non-hydrogen) atoms. The molecule has 2 aromatic rings. The lowest BCUT2D eigenvalue weighted by molar-refractivity contribution is -0.917. The van der Waals surface area contributed by atoms with Crippen molar-refractivity contribution >= 4 is 23.2 Å². The molecule has 1 fully saturated rings. The molecule has 0 radical (unpaired) electrons. The maximum absolute atomic E-state index is 12.8. The van der Waals surface area contributed by atoms with Gasteiger partial charge >= 0.3 is 0 Å². The second kappa shape index (κ2) is 9.36. The molecule has 2 amide bonds. The lowest BCUT2D eigenvalue weighted by atomic mass is 10.1. The van der Waals surface area contributed by atoms with Crippen LogP contribution in [0, 0.1) is 10.1 Å². The topological polar surface area (TPSA) is 106 Å². The molecule has 3 rings (SSSR count). The van der Waals surface area contributed by atoms with Crippen molar-refractivity contribution in [2.45, 2.75) is 13.0 Å². The van der Waals surface area contributed by atoms with Crippen LogP contribution in [0.15, 0.2) is 48.5 Å². The van der Waals surface area contributed by atoms with Gasteiger partial charge in [0.05, 0.1) is 43.9 Å². The number of amides is 2. The van der Waals surface area contributed by atoms with E-state index in [1.165, 1.54) is 25.3 Å². The predicted octanol–water partition coefficient (Wildman–Crippen LogP) is 0.971. The summed E-state index contributed by atoms with van der Waals surface area (Å²) in [7, 11) is 1.44. The highest BCUT2D eigenvalue weighted by atomic mass is 16.6.